The summed E-state index contributed by atoms with van der Waals surface area (Å²) in [5.41, 5.74) is 10.1. The summed E-state index contributed by atoms with van der Waals surface area (Å²) in [6, 6.07) is 12.0. The second kappa shape index (κ2) is 5.44. The highest BCUT2D eigenvalue weighted by atomic mass is 79.9. The number of anilines is 1. The van der Waals surface area contributed by atoms with Crippen molar-refractivity contribution >= 4 is 21.6 Å². The Morgan fingerprint density at radius 1 is 1.06 bits per heavy atom. The van der Waals surface area contributed by atoms with Gasteiger partial charge in [0.05, 0.1) is 0 Å². The standard InChI is InChI=1S/C15H16BrNO/c1-10-5-11(2)7-14(6-10)18-9-12-3-4-13(16)8-15(12)17/h3-8H,9,17H2,1-2H3. The number of aryl methyl sites for hydroxylation is 2. The average molecular weight is 306 g/mol. The molecule has 0 aliphatic heterocycles. The molecule has 0 fully saturated rings. The van der Waals surface area contributed by atoms with Gasteiger partial charge >= 0.3 is 0 Å². The van der Waals surface area contributed by atoms with Crippen molar-refractivity contribution in [2.45, 2.75) is 20.5 Å². The molecule has 0 aromatic heterocycles. The van der Waals surface area contributed by atoms with Gasteiger partial charge in [-0.1, -0.05) is 28.1 Å². The number of hydrogen-bond donors (Lipinski definition) is 1. The molecule has 0 spiro atoms. The molecule has 2 aromatic carbocycles. The van der Waals surface area contributed by atoms with E-state index < -0.39 is 0 Å². The zero-order chi connectivity index (χ0) is 13.1. The first kappa shape index (κ1) is 13.0. The van der Waals surface area contributed by atoms with Crippen LogP contribution in [-0.4, -0.2) is 0 Å². The Morgan fingerprint density at radius 2 is 1.72 bits per heavy atom. The highest BCUT2D eigenvalue weighted by Crippen LogP contribution is 2.22. The molecule has 0 aliphatic carbocycles. The van der Waals surface area contributed by atoms with Crippen LogP contribution in [0.5, 0.6) is 5.75 Å². The molecule has 0 bridgehead atoms. The topological polar surface area (TPSA) is 35.2 Å². The minimum atomic E-state index is 0.488. The van der Waals surface area contributed by atoms with Gasteiger partial charge in [0.15, 0.2) is 0 Å². The van der Waals surface area contributed by atoms with Gasteiger partial charge in [-0.2, -0.15) is 0 Å². The maximum atomic E-state index is 5.94. The van der Waals surface area contributed by atoms with E-state index in [1.807, 2.05) is 30.3 Å². The molecule has 3 heteroatoms. The van der Waals surface area contributed by atoms with Gasteiger partial charge in [-0.25, -0.2) is 0 Å². The van der Waals surface area contributed by atoms with Crippen LogP contribution in [-0.2, 0) is 6.61 Å². The van der Waals surface area contributed by atoms with Crippen LogP contribution in [0, 0.1) is 13.8 Å². The molecule has 0 atom stereocenters. The van der Waals surface area contributed by atoms with Crippen molar-refractivity contribution in [2.75, 3.05) is 5.73 Å². The van der Waals surface area contributed by atoms with Crippen LogP contribution in [0.3, 0.4) is 0 Å². The van der Waals surface area contributed by atoms with Crippen molar-refractivity contribution in [3.05, 3.63) is 57.6 Å². The van der Waals surface area contributed by atoms with Gasteiger partial charge in [0, 0.05) is 15.7 Å². The van der Waals surface area contributed by atoms with Gasteiger partial charge in [-0.15, -0.1) is 0 Å². The van der Waals surface area contributed by atoms with Crippen molar-refractivity contribution in [1.29, 1.82) is 0 Å². The van der Waals surface area contributed by atoms with Crippen LogP contribution in [0.25, 0.3) is 0 Å². The van der Waals surface area contributed by atoms with Gasteiger partial charge < -0.3 is 10.5 Å². The highest BCUT2D eigenvalue weighted by molar-refractivity contribution is 9.10. The number of halogens is 1. The minimum absolute atomic E-state index is 0.488. The van der Waals surface area contributed by atoms with E-state index in [2.05, 4.69) is 35.8 Å². The fraction of sp³-hybridized carbons (Fsp3) is 0.200. The van der Waals surface area contributed by atoms with E-state index in [1.54, 1.807) is 0 Å². The summed E-state index contributed by atoms with van der Waals surface area (Å²) in [6.07, 6.45) is 0. The molecule has 0 heterocycles. The van der Waals surface area contributed by atoms with Crippen molar-refractivity contribution < 1.29 is 4.74 Å². The van der Waals surface area contributed by atoms with Crippen LogP contribution >= 0.6 is 15.9 Å². The third-order valence-corrected chi connectivity index (χ3v) is 3.19. The van der Waals surface area contributed by atoms with Crippen LogP contribution in [0.4, 0.5) is 5.69 Å². The summed E-state index contributed by atoms with van der Waals surface area (Å²) in [6.45, 7) is 4.61. The third kappa shape index (κ3) is 3.26. The number of hydrogen-bond acceptors (Lipinski definition) is 2. The fourth-order valence-corrected chi connectivity index (χ4v) is 2.25. The fourth-order valence-electron chi connectivity index (χ4n) is 1.87. The van der Waals surface area contributed by atoms with E-state index in [9.17, 15) is 0 Å². The van der Waals surface area contributed by atoms with Gasteiger partial charge in [0.25, 0.3) is 0 Å². The Morgan fingerprint density at radius 3 is 2.33 bits per heavy atom. The van der Waals surface area contributed by atoms with Crippen LogP contribution in [0.2, 0.25) is 0 Å². The van der Waals surface area contributed by atoms with E-state index in [0.717, 1.165) is 21.5 Å². The first-order valence-electron chi connectivity index (χ1n) is 5.79. The number of ether oxygens (including phenoxy) is 1. The zero-order valence-electron chi connectivity index (χ0n) is 10.5. The SMILES string of the molecule is Cc1cc(C)cc(OCc2ccc(Br)cc2N)c1. The van der Waals surface area contributed by atoms with E-state index >= 15 is 0 Å². The lowest BCUT2D eigenvalue weighted by Gasteiger charge is -2.10. The quantitative estimate of drug-likeness (QED) is 0.861. The molecule has 0 amide bonds. The third-order valence-electron chi connectivity index (χ3n) is 2.70. The van der Waals surface area contributed by atoms with E-state index in [0.29, 0.717) is 6.61 Å². The summed E-state index contributed by atoms with van der Waals surface area (Å²) in [5, 5.41) is 0. The minimum Gasteiger partial charge on any atom is -0.489 e. The molecule has 0 saturated heterocycles. The van der Waals surface area contributed by atoms with E-state index in [4.69, 9.17) is 10.5 Å². The smallest absolute Gasteiger partial charge is 0.120 e. The summed E-state index contributed by atoms with van der Waals surface area (Å²) in [4.78, 5) is 0. The molecule has 0 radical (unpaired) electrons. The lowest BCUT2D eigenvalue weighted by Crippen LogP contribution is -2.00. The van der Waals surface area contributed by atoms with Gasteiger partial charge in [-0.05, 0) is 49.2 Å². The molecule has 0 unspecified atom stereocenters. The Kier molecular flexibility index (Phi) is 3.92. The summed E-state index contributed by atoms with van der Waals surface area (Å²) in [7, 11) is 0. The monoisotopic (exact) mass is 305 g/mol. The predicted molar refractivity (Wildman–Crippen MR) is 78.8 cm³/mol. The molecule has 2 rings (SSSR count). The molecular weight excluding hydrogens is 290 g/mol. The maximum absolute atomic E-state index is 5.94. The number of nitrogen functional groups attached to an aromatic ring is 1. The van der Waals surface area contributed by atoms with Crippen LogP contribution in [0.1, 0.15) is 16.7 Å². The van der Waals surface area contributed by atoms with E-state index in [-0.39, 0.29) is 0 Å². The van der Waals surface area contributed by atoms with Crippen molar-refractivity contribution in [3.8, 4) is 5.75 Å². The van der Waals surface area contributed by atoms with Crippen molar-refractivity contribution in [3.63, 3.8) is 0 Å². The van der Waals surface area contributed by atoms with E-state index in [1.165, 1.54) is 11.1 Å². The molecule has 18 heavy (non-hydrogen) atoms. The second-order valence-corrected chi connectivity index (χ2v) is 5.37. The normalized spacial score (nSPS) is 10.4. The molecule has 2 aromatic rings. The molecule has 0 aliphatic rings. The highest BCUT2D eigenvalue weighted by Gasteiger charge is 2.02. The summed E-state index contributed by atoms with van der Waals surface area (Å²) in [5.74, 6) is 0.884. The maximum Gasteiger partial charge on any atom is 0.120 e. The zero-order valence-corrected chi connectivity index (χ0v) is 12.1. The first-order chi connectivity index (χ1) is 8.54. The average Bonchev–Trinajstić information content (AvgIpc) is 2.26. The van der Waals surface area contributed by atoms with Crippen molar-refractivity contribution in [1.82, 2.24) is 0 Å². The second-order valence-electron chi connectivity index (χ2n) is 4.46. The molecule has 2 N–H and O–H groups in total. The molecule has 94 valence electrons. The van der Waals surface area contributed by atoms with Gasteiger partial charge in [-0.3, -0.25) is 0 Å². The molecular formula is C15H16BrNO. The van der Waals surface area contributed by atoms with Gasteiger partial charge in [0.2, 0.25) is 0 Å². The van der Waals surface area contributed by atoms with Gasteiger partial charge in [0.1, 0.15) is 12.4 Å². The largest absolute Gasteiger partial charge is 0.489 e. The Balaban J connectivity index is 2.11. The lowest BCUT2D eigenvalue weighted by atomic mass is 10.1. The number of rotatable bonds is 3. The Hall–Kier alpha value is -1.48. The number of benzene rings is 2. The number of nitrogens with two attached hydrogens (primary N) is 1. The molecule has 2 nitrogen and oxygen atoms in total. The van der Waals surface area contributed by atoms with Crippen LogP contribution in [0.15, 0.2) is 40.9 Å². The lowest BCUT2D eigenvalue weighted by molar-refractivity contribution is 0.306. The Labute approximate surface area is 116 Å². The summed E-state index contributed by atoms with van der Waals surface area (Å²) >= 11 is 3.39. The predicted octanol–water partition coefficient (Wildman–Crippen LogP) is 4.23. The Bertz CT molecular complexity index is 546. The molecule has 0 saturated carbocycles. The summed E-state index contributed by atoms with van der Waals surface area (Å²) < 4.78 is 6.76. The van der Waals surface area contributed by atoms with Crippen LogP contribution < -0.4 is 10.5 Å². The first-order valence-corrected chi connectivity index (χ1v) is 6.59. The van der Waals surface area contributed by atoms with Crippen molar-refractivity contribution in [2.24, 2.45) is 0 Å².